The van der Waals surface area contributed by atoms with E-state index in [4.69, 9.17) is 13.5 Å². The maximum atomic E-state index is 13.2. The summed E-state index contributed by atoms with van der Waals surface area (Å²) in [5.74, 6) is 4.28. The molecule has 12 heterocycles. The van der Waals surface area contributed by atoms with Gasteiger partial charge in [0.25, 0.3) is 0 Å². The summed E-state index contributed by atoms with van der Waals surface area (Å²) in [6.07, 6.45) is 13.1. The number of aryl methyl sites for hydroxylation is 1. The number of thiophene rings is 1. The number of hydrogen-bond acceptors (Lipinski definition) is 18. The second kappa shape index (κ2) is 42.5. The lowest BCUT2D eigenvalue weighted by Crippen LogP contribution is -2.20. The minimum atomic E-state index is -0.315. The Balaban J connectivity index is 0.000000103. The van der Waals surface area contributed by atoms with Crippen molar-refractivity contribution in [3.05, 3.63) is 381 Å². The monoisotopic (exact) mass is 1840 g/mol. The Labute approximate surface area is 796 Å². The van der Waals surface area contributed by atoms with Crippen LogP contribution in [0.3, 0.4) is 0 Å². The van der Waals surface area contributed by atoms with Crippen LogP contribution < -0.4 is 0 Å². The average molecular weight is 1840 g/mol. The minimum Gasteiger partial charge on any atom is -0.508 e. The molecule has 0 bridgehead atoms. The molecule has 0 spiro atoms. The van der Waals surface area contributed by atoms with Gasteiger partial charge in [0.2, 0.25) is 0 Å². The van der Waals surface area contributed by atoms with Crippen molar-refractivity contribution < 1.29 is 38.3 Å². The molecule has 6 aliphatic rings. The number of benzene rings is 12. The number of halogens is 1. The third kappa shape index (κ3) is 22.4. The van der Waals surface area contributed by atoms with E-state index in [-0.39, 0.29) is 5.82 Å². The molecule has 21 heteroatoms. The van der Waals surface area contributed by atoms with Gasteiger partial charge in [-0.2, -0.15) is 0 Å². The molecule has 6 saturated heterocycles. The number of rotatable bonds is 18. The van der Waals surface area contributed by atoms with Crippen LogP contribution in [-0.4, -0.2) is 149 Å². The lowest BCUT2D eigenvalue weighted by atomic mass is 9.97. The van der Waals surface area contributed by atoms with E-state index in [9.17, 15) is 24.8 Å². The number of aromatic nitrogens is 4. The van der Waals surface area contributed by atoms with Gasteiger partial charge in [-0.1, -0.05) is 168 Å². The van der Waals surface area contributed by atoms with Crippen LogP contribution in [-0.2, 0) is 39.3 Å². The normalized spacial score (nSPS) is 18.9. The van der Waals surface area contributed by atoms with Gasteiger partial charge < -0.3 is 43.9 Å². The summed E-state index contributed by atoms with van der Waals surface area (Å²) in [5.41, 5.74) is 21.1. The number of likely N-dealkylation sites (tertiary alicyclic amines) is 6. The number of fused-ring (bicyclic) bond motifs is 6. The Morgan fingerprint density at radius 3 is 1.20 bits per heavy atom. The highest BCUT2D eigenvalue weighted by molar-refractivity contribution is 7.80. The Morgan fingerprint density at radius 1 is 0.351 bits per heavy atom. The van der Waals surface area contributed by atoms with E-state index < -0.39 is 0 Å². The highest BCUT2D eigenvalue weighted by Crippen LogP contribution is 2.40. The zero-order chi connectivity index (χ0) is 91.4. The second-order valence-corrected chi connectivity index (χ2v) is 38.9. The standard InChI is InChI=1S/C20H22N2S.C19H20N2S.C19H19NO2.C19H19NOS.C18H17FN2O2.C18H18N2O2/c1-14-6-7-15(10-20(14)23)16-8-9-22(12-16)13-17-11-21-19-5-3-2-4-18(17)19;22-17-5-3-4-14(10-17)15-8-9-21(12-15)13-16-11-20-19-7-2-1-6-18(16)19;2*21-17-5-3-4-14(10-17)15-8-9-20(11-15)12-16-13-22-19-7-2-1-6-18(16)19;19-14-4-5-16-17(20-23-18(16)9-14)11-21-7-6-13(10-21)12-2-1-3-15(22)8-12;21-15-5-3-4-13(10-15)14-8-9-20(11-14)12-17-16-6-1-2-7-18(16)22-19-17/h2-7,10-11,16,21,23H,8-9,12-13H2,1H3;1-7,10-11,15,20,22H,8-9,12-13H2;2*1-7,10,13,15,21H,8-9,11-12H2;1-5,8-9,13,22H,6-7,10-11H2;1-7,10,14,21H,8-9,11-12H2. The van der Waals surface area contributed by atoms with Gasteiger partial charge in [-0.3, -0.25) is 29.4 Å². The molecule has 0 radical (unpaired) electrons. The van der Waals surface area contributed by atoms with Crippen LogP contribution in [0.5, 0.6) is 23.0 Å². The molecule has 0 amide bonds. The number of phenols is 4. The number of para-hydroxylation sites is 4. The van der Waals surface area contributed by atoms with Crippen molar-refractivity contribution in [2.75, 3.05) is 78.5 Å². The Morgan fingerprint density at radius 2 is 0.731 bits per heavy atom. The number of phenolic OH excluding ortho intramolecular Hbond substituents is 4. The van der Waals surface area contributed by atoms with Crippen LogP contribution in [0.1, 0.15) is 147 Å². The maximum Gasteiger partial charge on any atom is 0.170 e. The number of H-pyrrole nitrogens is 2. The van der Waals surface area contributed by atoms with Crippen molar-refractivity contribution >= 4 is 101 Å². The van der Waals surface area contributed by atoms with E-state index in [1.54, 1.807) is 30.3 Å². The number of aromatic hydroxyl groups is 4. The van der Waals surface area contributed by atoms with Crippen molar-refractivity contribution in [1.29, 1.82) is 0 Å². The predicted octanol–water partition coefficient (Wildman–Crippen LogP) is 25.1. The first-order valence-corrected chi connectivity index (χ1v) is 48.8. The summed E-state index contributed by atoms with van der Waals surface area (Å²) in [6, 6.07) is 92.2. The van der Waals surface area contributed by atoms with Gasteiger partial charge in [0.1, 0.15) is 45.8 Å². The topological polar surface area (TPSA) is 197 Å². The van der Waals surface area contributed by atoms with Crippen LogP contribution in [0.25, 0.3) is 64.8 Å². The lowest BCUT2D eigenvalue weighted by molar-refractivity contribution is 0.313. The molecular formula is C113H115FN10O7S3. The van der Waals surface area contributed by atoms with E-state index >= 15 is 0 Å². The number of nitrogens with one attached hydrogen (secondary N) is 2. The molecule has 18 aromatic rings. The molecule has 6 unspecified atom stereocenters. The van der Waals surface area contributed by atoms with Gasteiger partial charge in [0, 0.05) is 155 Å². The van der Waals surface area contributed by atoms with Gasteiger partial charge in [-0.15, -0.1) is 36.6 Å². The Hall–Kier alpha value is -12.3. The zero-order valence-electron chi connectivity index (χ0n) is 75.6. The molecule has 684 valence electrons. The van der Waals surface area contributed by atoms with E-state index in [0.717, 1.165) is 161 Å². The third-order valence-corrected chi connectivity index (χ3v) is 29.6. The summed E-state index contributed by atoms with van der Waals surface area (Å²) >= 11 is 10.9. The molecule has 12 aromatic carbocycles. The van der Waals surface area contributed by atoms with Crippen molar-refractivity contribution in [3.63, 3.8) is 0 Å². The van der Waals surface area contributed by atoms with Crippen molar-refractivity contribution in [1.82, 2.24) is 49.7 Å². The largest absolute Gasteiger partial charge is 0.508 e. The van der Waals surface area contributed by atoms with E-state index in [0.29, 0.717) is 70.6 Å². The van der Waals surface area contributed by atoms with Gasteiger partial charge in [-0.05, 0) is 302 Å². The number of furan rings is 1. The quantitative estimate of drug-likeness (QED) is 0.0378. The first-order chi connectivity index (χ1) is 65.6. The molecule has 24 rings (SSSR count). The highest BCUT2D eigenvalue weighted by Gasteiger charge is 2.32. The van der Waals surface area contributed by atoms with Gasteiger partial charge in [-0.25, -0.2) is 4.39 Å². The predicted molar refractivity (Wildman–Crippen MR) is 543 cm³/mol. The van der Waals surface area contributed by atoms with Crippen molar-refractivity contribution in [2.45, 2.75) is 130 Å². The summed E-state index contributed by atoms with van der Waals surface area (Å²) in [6.45, 7) is 20.5. The first kappa shape index (κ1) is 90.9. The fourth-order valence-electron chi connectivity index (χ4n) is 20.6. The van der Waals surface area contributed by atoms with E-state index in [1.165, 1.54) is 143 Å². The maximum absolute atomic E-state index is 13.2. The number of aromatic amines is 2. The molecule has 6 atom stereocenters. The van der Waals surface area contributed by atoms with Crippen LogP contribution in [0.4, 0.5) is 4.39 Å². The Kier molecular flexibility index (Phi) is 28.9. The summed E-state index contributed by atoms with van der Waals surface area (Å²) in [4.78, 5) is 23.8. The van der Waals surface area contributed by atoms with E-state index in [1.807, 2.05) is 103 Å². The molecule has 0 aliphatic carbocycles. The SMILES string of the molecule is Cc1ccc(C2CCN(Cc3c[nH]c4ccccc34)C2)cc1S.Oc1cccc(C2CCN(Cc3coc4ccccc34)C2)c1.Oc1cccc(C2CCN(Cc3csc4ccccc34)C2)c1.Oc1cccc(C2CCN(Cc3noc4cc(F)ccc34)C2)c1.Oc1cccc(C2CCN(Cc3noc4ccccc34)C2)c1.Sc1cccc(C2CCN(Cc3c[nH]c4ccccc34)C2)c1. The third-order valence-electron chi connectivity index (χ3n) is 27.8. The zero-order valence-corrected chi connectivity index (χ0v) is 78.2. The summed E-state index contributed by atoms with van der Waals surface area (Å²) < 4.78 is 30.8. The molecule has 0 saturated carbocycles. The fourth-order valence-corrected chi connectivity index (χ4v) is 22.0. The first-order valence-electron chi connectivity index (χ1n) is 47.0. The second-order valence-electron chi connectivity index (χ2n) is 37.0. The molecule has 134 heavy (non-hydrogen) atoms. The number of hydrogen-bond donors (Lipinski definition) is 8. The molecule has 6 aliphatic heterocycles. The molecule has 6 aromatic heterocycles. The molecular weight excluding hydrogens is 1720 g/mol. The average Bonchev–Trinajstić information content (AvgIpc) is 1.85. The molecule has 6 N–H and O–H groups in total. The minimum absolute atomic E-state index is 0.311. The number of thiol groups is 2. The van der Waals surface area contributed by atoms with Crippen LogP contribution >= 0.6 is 36.6 Å². The summed E-state index contributed by atoms with van der Waals surface area (Å²) in [5, 5.41) is 56.4. The smallest absolute Gasteiger partial charge is 0.170 e. The van der Waals surface area contributed by atoms with Crippen LogP contribution in [0.2, 0.25) is 0 Å². The lowest BCUT2D eigenvalue weighted by Gasteiger charge is -2.16. The number of nitrogens with zero attached hydrogens (tertiary/aromatic N) is 8. The van der Waals surface area contributed by atoms with Gasteiger partial charge in [0.05, 0.1) is 6.26 Å². The van der Waals surface area contributed by atoms with Crippen LogP contribution in [0.15, 0.2) is 326 Å². The van der Waals surface area contributed by atoms with Crippen molar-refractivity contribution in [2.24, 2.45) is 0 Å². The Bertz CT molecular complexity index is 6460. The highest BCUT2D eigenvalue weighted by atomic mass is 32.1. The van der Waals surface area contributed by atoms with E-state index in [2.05, 4.69) is 251 Å². The fraction of sp³-hybridized carbons (Fsp3) is 0.274. The summed E-state index contributed by atoms with van der Waals surface area (Å²) in [7, 11) is 0. The van der Waals surface area contributed by atoms with Crippen LogP contribution in [0, 0.1) is 12.7 Å². The van der Waals surface area contributed by atoms with Gasteiger partial charge in [0.15, 0.2) is 11.2 Å². The molecule has 6 fully saturated rings. The van der Waals surface area contributed by atoms with Gasteiger partial charge >= 0.3 is 0 Å². The van der Waals surface area contributed by atoms with Crippen molar-refractivity contribution in [3.8, 4) is 23.0 Å². The molecule has 17 nitrogen and oxygen atoms in total.